The third-order valence-electron chi connectivity index (χ3n) is 1.99. The van der Waals surface area contributed by atoms with Gasteiger partial charge in [0.05, 0.1) is 19.5 Å². The molecule has 0 unspecified atom stereocenters. The quantitative estimate of drug-likeness (QED) is 0.582. The van der Waals surface area contributed by atoms with Gasteiger partial charge in [0.2, 0.25) is 0 Å². The molecule has 2 N–H and O–H groups in total. The summed E-state index contributed by atoms with van der Waals surface area (Å²) in [5, 5.41) is 3.89. The van der Waals surface area contributed by atoms with Gasteiger partial charge in [0.15, 0.2) is 5.82 Å². The largest absolute Gasteiger partial charge is 0.463 e. The van der Waals surface area contributed by atoms with Crippen molar-refractivity contribution < 1.29 is 9.53 Å². The Morgan fingerprint density at radius 1 is 1.39 bits per heavy atom. The van der Waals surface area contributed by atoms with Crippen LogP contribution in [0.15, 0.2) is 18.7 Å². The van der Waals surface area contributed by atoms with Crippen molar-refractivity contribution in [2.24, 2.45) is 5.73 Å². The number of hydrogen-bond donors (Lipinski definition) is 1. The van der Waals surface area contributed by atoms with Gasteiger partial charge in [-0.2, -0.15) is 0 Å². The Kier molecular flexibility index (Phi) is 3.24. The van der Waals surface area contributed by atoms with Crippen LogP contribution in [0.3, 0.4) is 0 Å². The van der Waals surface area contributed by atoms with Crippen molar-refractivity contribution in [3.8, 4) is 5.82 Å². The van der Waals surface area contributed by atoms with Gasteiger partial charge in [0.25, 0.3) is 5.82 Å². The van der Waals surface area contributed by atoms with E-state index >= 15 is 0 Å². The molecule has 0 aliphatic rings. The zero-order valence-corrected chi connectivity index (χ0v) is 10.1. The van der Waals surface area contributed by atoms with E-state index in [0.29, 0.717) is 11.5 Å². The molecule has 0 bridgehead atoms. The fraction of sp³-hybridized carbons (Fsp3) is 0.111. The standard InChI is InChI=1S/C9H8N6O2S/c1-17-9(16)8-13-4-15(14-8)6-3-11-5(2-12-6)7(10)18/h2-4H,1H3,(H2,10,18). The van der Waals surface area contributed by atoms with E-state index in [1.165, 1.54) is 30.5 Å². The molecule has 92 valence electrons. The molecule has 2 heterocycles. The number of rotatable bonds is 3. The SMILES string of the molecule is COC(=O)c1ncn(-c2cnc(C(N)=S)cn2)n1. The Morgan fingerprint density at radius 3 is 2.72 bits per heavy atom. The van der Waals surface area contributed by atoms with Gasteiger partial charge in [0.1, 0.15) is 17.0 Å². The molecule has 2 rings (SSSR count). The highest BCUT2D eigenvalue weighted by Gasteiger charge is 2.12. The van der Waals surface area contributed by atoms with E-state index < -0.39 is 5.97 Å². The molecular formula is C9H8N6O2S. The van der Waals surface area contributed by atoms with Crippen molar-refractivity contribution in [3.63, 3.8) is 0 Å². The Morgan fingerprint density at radius 2 is 2.17 bits per heavy atom. The van der Waals surface area contributed by atoms with Crippen LogP contribution in [0.5, 0.6) is 0 Å². The number of carbonyl (C=O) groups excluding carboxylic acids is 1. The van der Waals surface area contributed by atoms with Gasteiger partial charge in [-0.25, -0.2) is 24.4 Å². The highest BCUT2D eigenvalue weighted by atomic mass is 32.1. The molecule has 0 spiro atoms. The summed E-state index contributed by atoms with van der Waals surface area (Å²) in [6.07, 6.45) is 4.16. The second-order valence-electron chi connectivity index (χ2n) is 3.13. The fourth-order valence-corrected chi connectivity index (χ4v) is 1.23. The van der Waals surface area contributed by atoms with Crippen molar-refractivity contribution in [2.45, 2.75) is 0 Å². The van der Waals surface area contributed by atoms with Crippen LogP contribution in [0.25, 0.3) is 5.82 Å². The van der Waals surface area contributed by atoms with Crippen molar-refractivity contribution in [1.29, 1.82) is 0 Å². The minimum Gasteiger partial charge on any atom is -0.463 e. The number of aromatic nitrogens is 5. The van der Waals surface area contributed by atoms with Crippen LogP contribution >= 0.6 is 12.2 Å². The van der Waals surface area contributed by atoms with Gasteiger partial charge in [0, 0.05) is 0 Å². The van der Waals surface area contributed by atoms with E-state index in [9.17, 15) is 4.79 Å². The highest BCUT2D eigenvalue weighted by Crippen LogP contribution is 2.02. The molecule has 18 heavy (non-hydrogen) atoms. The number of hydrogen-bond acceptors (Lipinski definition) is 7. The van der Waals surface area contributed by atoms with E-state index in [4.69, 9.17) is 18.0 Å². The lowest BCUT2D eigenvalue weighted by Crippen LogP contribution is -2.13. The van der Waals surface area contributed by atoms with Crippen LogP contribution in [-0.2, 0) is 4.74 Å². The smallest absolute Gasteiger partial charge is 0.377 e. The predicted molar refractivity (Wildman–Crippen MR) is 64.2 cm³/mol. The predicted octanol–water partition coefficient (Wildman–Crippen LogP) is -0.522. The van der Waals surface area contributed by atoms with Crippen molar-refractivity contribution in [3.05, 3.63) is 30.2 Å². The van der Waals surface area contributed by atoms with Crippen LogP contribution in [0, 0.1) is 0 Å². The lowest BCUT2D eigenvalue weighted by atomic mass is 10.4. The maximum Gasteiger partial charge on any atom is 0.377 e. The first kappa shape index (κ1) is 12.0. The summed E-state index contributed by atoms with van der Waals surface area (Å²) in [5.41, 5.74) is 5.80. The van der Waals surface area contributed by atoms with Crippen molar-refractivity contribution >= 4 is 23.2 Å². The number of esters is 1. The molecule has 0 atom stereocenters. The van der Waals surface area contributed by atoms with E-state index in [0.717, 1.165) is 0 Å². The van der Waals surface area contributed by atoms with E-state index in [-0.39, 0.29) is 10.8 Å². The zero-order valence-electron chi connectivity index (χ0n) is 9.27. The van der Waals surface area contributed by atoms with Gasteiger partial charge < -0.3 is 10.5 Å². The molecule has 2 aromatic rings. The average molecular weight is 264 g/mol. The van der Waals surface area contributed by atoms with Gasteiger partial charge in [-0.15, -0.1) is 5.10 Å². The molecule has 9 heteroatoms. The second-order valence-corrected chi connectivity index (χ2v) is 3.57. The summed E-state index contributed by atoms with van der Waals surface area (Å²) in [5.74, 6) is -0.295. The summed E-state index contributed by atoms with van der Waals surface area (Å²) in [6, 6.07) is 0. The zero-order chi connectivity index (χ0) is 13.1. The molecule has 0 aliphatic heterocycles. The molecule has 0 aromatic carbocycles. The fourth-order valence-electron chi connectivity index (χ4n) is 1.13. The Labute approximate surface area is 107 Å². The molecule has 2 aromatic heterocycles. The summed E-state index contributed by atoms with van der Waals surface area (Å²) in [4.78, 5) is 23.1. The van der Waals surface area contributed by atoms with Gasteiger partial charge in [-0.05, 0) is 0 Å². The second kappa shape index (κ2) is 4.84. The molecule has 0 radical (unpaired) electrons. The third-order valence-corrected chi connectivity index (χ3v) is 2.19. The first-order valence-electron chi connectivity index (χ1n) is 4.74. The monoisotopic (exact) mass is 264 g/mol. The summed E-state index contributed by atoms with van der Waals surface area (Å²) < 4.78 is 5.78. The highest BCUT2D eigenvalue weighted by molar-refractivity contribution is 7.80. The molecule has 8 nitrogen and oxygen atoms in total. The molecule has 0 fully saturated rings. The number of nitrogens with two attached hydrogens (primary N) is 1. The maximum atomic E-state index is 11.2. The molecular weight excluding hydrogens is 256 g/mol. The lowest BCUT2D eigenvalue weighted by Gasteiger charge is -2.00. The number of thiocarbonyl (C=S) groups is 1. The minimum atomic E-state index is -0.624. The van der Waals surface area contributed by atoms with E-state index in [1.807, 2.05) is 0 Å². The summed E-state index contributed by atoms with van der Waals surface area (Å²) >= 11 is 4.76. The van der Waals surface area contributed by atoms with Gasteiger partial charge in [-0.3, -0.25) is 0 Å². The summed E-state index contributed by atoms with van der Waals surface area (Å²) in [6.45, 7) is 0. The van der Waals surface area contributed by atoms with Crippen LogP contribution in [0.1, 0.15) is 16.3 Å². The van der Waals surface area contributed by atoms with Crippen molar-refractivity contribution in [2.75, 3.05) is 7.11 Å². The van der Waals surface area contributed by atoms with E-state index in [2.05, 4.69) is 24.8 Å². The number of nitrogens with zero attached hydrogens (tertiary/aromatic N) is 5. The van der Waals surface area contributed by atoms with E-state index in [1.54, 1.807) is 0 Å². The minimum absolute atomic E-state index is 0.0577. The van der Waals surface area contributed by atoms with Crippen LogP contribution in [0.2, 0.25) is 0 Å². The van der Waals surface area contributed by atoms with Crippen LogP contribution in [0.4, 0.5) is 0 Å². The van der Waals surface area contributed by atoms with Crippen LogP contribution < -0.4 is 5.73 Å². The Hall–Kier alpha value is -2.42. The van der Waals surface area contributed by atoms with Crippen LogP contribution in [-0.4, -0.2) is 42.8 Å². The average Bonchev–Trinajstić information content (AvgIpc) is 2.87. The Bertz CT molecular complexity index is 593. The molecule has 0 saturated heterocycles. The summed E-state index contributed by atoms with van der Waals surface area (Å²) in [7, 11) is 1.25. The topological polar surface area (TPSA) is 109 Å². The van der Waals surface area contributed by atoms with Crippen molar-refractivity contribution in [1.82, 2.24) is 24.7 Å². The number of ether oxygens (including phenoxy) is 1. The first-order chi connectivity index (χ1) is 8.61. The Balaban J connectivity index is 2.29. The van der Waals surface area contributed by atoms with Gasteiger partial charge >= 0.3 is 5.97 Å². The molecule has 0 aliphatic carbocycles. The molecule has 0 saturated carbocycles. The first-order valence-corrected chi connectivity index (χ1v) is 5.15. The number of carbonyl (C=O) groups is 1. The lowest BCUT2D eigenvalue weighted by molar-refractivity contribution is 0.0587. The normalized spacial score (nSPS) is 10.1. The van der Waals surface area contributed by atoms with Gasteiger partial charge in [-0.1, -0.05) is 12.2 Å². The third kappa shape index (κ3) is 2.30. The number of methoxy groups -OCH3 is 1. The molecule has 0 amide bonds. The maximum absolute atomic E-state index is 11.2.